The molecule has 0 radical (unpaired) electrons. The predicted molar refractivity (Wildman–Crippen MR) is 161 cm³/mol. The maximum Gasteiger partial charge on any atom is 0.248 e. The van der Waals surface area contributed by atoms with Crippen molar-refractivity contribution in [2.45, 2.75) is 37.8 Å². The zero-order valence-electron chi connectivity index (χ0n) is 23.1. The van der Waals surface area contributed by atoms with Crippen molar-refractivity contribution in [1.29, 1.82) is 0 Å². The van der Waals surface area contributed by atoms with Crippen LogP contribution in [0.5, 0.6) is 5.75 Å². The summed E-state index contributed by atoms with van der Waals surface area (Å²) in [6, 6.07) is 26.6. The van der Waals surface area contributed by atoms with Gasteiger partial charge in [0.05, 0.1) is 17.0 Å². The molecular weight excluding hydrogens is 516 g/mol. The van der Waals surface area contributed by atoms with Gasteiger partial charge in [0.15, 0.2) is 0 Å². The molecule has 1 aliphatic heterocycles. The van der Waals surface area contributed by atoms with E-state index in [1.807, 2.05) is 36.4 Å². The van der Waals surface area contributed by atoms with Crippen molar-refractivity contribution < 1.29 is 15.0 Å². The Balaban J connectivity index is 1.23. The van der Waals surface area contributed by atoms with Crippen molar-refractivity contribution in [3.63, 3.8) is 0 Å². The highest BCUT2D eigenvalue weighted by molar-refractivity contribution is 5.87. The molecule has 0 saturated carbocycles. The number of benzene rings is 3. The number of carbonyl (C=O) groups excluding carboxylic acids is 1. The number of H-pyrrole nitrogens is 1. The zero-order chi connectivity index (χ0) is 28.8. The van der Waals surface area contributed by atoms with E-state index in [1.165, 1.54) is 12.1 Å². The van der Waals surface area contributed by atoms with E-state index >= 15 is 0 Å². The van der Waals surface area contributed by atoms with Crippen LogP contribution in [0, 0.1) is 5.41 Å². The third kappa shape index (κ3) is 6.85. The minimum absolute atomic E-state index is 0.0273. The number of aliphatic hydroxyl groups excluding tert-OH is 1. The van der Waals surface area contributed by atoms with E-state index in [1.54, 1.807) is 12.1 Å². The highest BCUT2D eigenvalue weighted by Gasteiger charge is 2.39. The molecule has 5 rings (SSSR count). The van der Waals surface area contributed by atoms with E-state index < -0.39 is 11.5 Å². The molecule has 6 N–H and O–H groups in total. The Morgan fingerprint density at radius 2 is 1.56 bits per heavy atom. The first kappa shape index (κ1) is 28.5. The van der Waals surface area contributed by atoms with Gasteiger partial charge in [0.1, 0.15) is 5.75 Å². The van der Waals surface area contributed by atoms with Gasteiger partial charge < -0.3 is 31.1 Å². The van der Waals surface area contributed by atoms with E-state index in [9.17, 15) is 19.8 Å². The molecule has 1 saturated heterocycles. The molecule has 0 aliphatic carbocycles. The van der Waals surface area contributed by atoms with Crippen LogP contribution in [-0.4, -0.2) is 58.2 Å². The molecule has 8 nitrogen and oxygen atoms in total. The number of pyridine rings is 1. The molecule has 1 aromatic heterocycles. The minimum atomic E-state index is -0.804. The number of nitrogens with one attached hydrogen (secondary N) is 2. The molecule has 2 heterocycles. The maximum atomic E-state index is 13.1. The van der Waals surface area contributed by atoms with E-state index in [2.05, 4.69) is 39.5 Å². The highest BCUT2D eigenvalue weighted by atomic mass is 16.3. The van der Waals surface area contributed by atoms with Crippen LogP contribution in [0.2, 0.25) is 0 Å². The molecule has 1 amide bonds. The number of fused-ring (bicyclic) bond motifs is 1. The number of hydrogen-bond donors (Lipinski definition) is 5. The van der Waals surface area contributed by atoms with E-state index in [4.69, 9.17) is 5.73 Å². The fraction of sp³-hybridized carbons (Fsp3) is 0.333. The second-order valence-electron chi connectivity index (χ2n) is 11.2. The highest BCUT2D eigenvalue weighted by Crippen LogP contribution is 2.31. The number of nitrogens with two attached hydrogens (primary N) is 1. The normalized spacial score (nSPS) is 15.6. The summed E-state index contributed by atoms with van der Waals surface area (Å²) in [5, 5.41) is 25.2. The lowest BCUT2D eigenvalue weighted by Gasteiger charge is -2.40. The van der Waals surface area contributed by atoms with Gasteiger partial charge in [0.2, 0.25) is 11.5 Å². The SMILES string of the molecule is NC(=O)C(Cc1ccccc1)(Cc1ccccc1)CN1CCC(NC[C@H](O)c2ccc(O)c3[nH]c(=O)ccc23)CC1. The summed E-state index contributed by atoms with van der Waals surface area (Å²) in [6.45, 7) is 2.56. The number of likely N-dealkylation sites (tertiary alicyclic amines) is 1. The van der Waals surface area contributed by atoms with Crippen molar-refractivity contribution in [2.24, 2.45) is 11.1 Å². The number of aromatic hydroxyl groups is 1. The third-order valence-electron chi connectivity index (χ3n) is 8.27. The summed E-state index contributed by atoms with van der Waals surface area (Å²) in [6.07, 6.45) is 2.10. The van der Waals surface area contributed by atoms with Crippen molar-refractivity contribution in [3.05, 3.63) is 112 Å². The number of aromatic amines is 1. The molecular formula is C33H38N4O4. The van der Waals surface area contributed by atoms with Crippen LogP contribution in [0.1, 0.15) is 35.6 Å². The minimum Gasteiger partial charge on any atom is -0.506 e. The van der Waals surface area contributed by atoms with Crippen LogP contribution in [-0.2, 0) is 17.6 Å². The lowest BCUT2D eigenvalue weighted by molar-refractivity contribution is -0.129. The first-order chi connectivity index (χ1) is 19.8. The Bertz CT molecular complexity index is 1470. The van der Waals surface area contributed by atoms with Gasteiger partial charge in [0.25, 0.3) is 0 Å². The number of hydrogen-bond acceptors (Lipinski definition) is 6. The second kappa shape index (κ2) is 12.7. The number of rotatable bonds is 11. The number of nitrogens with zero attached hydrogens (tertiary/aromatic N) is 1. The monoisotopic (exact) mass is 554 g/mol. The molecule has 1 fully saturated rings. The Kier molecular flexibility index (Phi) is 8.83. The van der Waals surface area contributed by atoms with Crippen LogP contribution in [0.4, 0.5) is 0 Å². The number of aromatic nitrogens is 1. The zero-order valence-corrected chi connectivity index (χ0v) is 23.1. The van der Waals surface area contributed by atoms with Crippen LogP contribution < -0.4 is 16.6 Å². The topological polar surface area (TPSA) is 132 Å². The Morgan fingerprint density at radius 3 is 2.15 bits per heavy atom. The molecule has 1 aliphatic rings. The lowest BCUT2D eigenvalue weighted by atomic mass is 9.75. The summed E-state index contributed by atoms with van der Waals surface area (Å²) in [7, 11) is 0. The molecule has 41 heavy (non-hydrogen) atoms. The number of piperidine rings is 1. The summed E-state index contributed by atoms with van der Waals surface area (Å²) in [5.74, 6) is -0.309. The smallest absolute Gasteiger partial charge is 0.248 e. The lowest BCUT2D eigenvalue weighted by Crippen LogP contribution is -2.52. The first-order valence-corrected chi connectivity index (χ1v) is 14.2. The fourth-order valence-electron chi connectivity index (χ4n) is 6.06. The second-order valence-corrected chi connectivity index (χ2v) is 11.2. The fourth-order valence-corrected chi connectivity index (χ4v) is 6.06. The Labute approximate surface area is 239 Å². The standard InChI is InChI=1S/C33H38N4O4/c34-32(41)33(19-23-7-3-1-4-8-23,20-24-9-5-2-6-10-24)22-37-17-15-25(16-18-37)35-21-29(39)26-11-13-28(38)31-27(26)12-14-30(40)36-31/h1-14,25,29,35,38-39H,15-22H2,(H2,34,41)(H,36,40)/t29-/m0/s1. The average molecular weight is 555 g/mol. The molecule has 214 valence electrons. The van der Waals surface area contributed by atoms with Gasteiger partial charge in [-0.25, -0.2) is 0 Å². The first-order valence-electron chi connectivity index (χ1n) is 14.2. The van der Waals surface area contributed by atoms with E-state index in [0.29, 0.717) is 42.4 Å². The summed E-state index contributed by atoms with van der Waals surface area (Å²) in [4.78, 5) is 29.8. The number of carbonyl (C=O) groups is 1. The molecule has 0 spiro atoms. The quantitative estimate of drug-likeness (QED) is 0.193. The average Bonchev–Trinajstić information content (AvgIpc) is 2.98. The molecule has 3 aromatic carbocycles. The van der Waals surface area contributed by atoms with E-state index in [-0.39, 0.29) is 23.3 Å². The Hall–Kier alpha value is -3.98. The van der Waals surface area contributed by atoms with Gasteiger partial charge in [-0.15, -0.1) is 0 Å². The van der Waals surface area contributed by atoms with Gasteiger partial charge in [-0.1, -0.05) is 66.7 Å². The molecule has 0 unspecified atom stereocenters. The van der Waals surface area contributed by atoms with Crippen LogP contribution in [0.3, 0.4) is 0 Å². The van der Waals surface area contributed by atoms with Gasteiger partial charge in [-0.3, -0.25) is 9.59 Å². The van der Waals surface area contributed by atoms with Crippen molar-refractivity contribution >= 4 is 16.8 Å². The largest absolute Gasteiger partial charge is 0.506 e. The number of amides is 1. The summed E-state index contributed by atoms with van der Waals surface area (Å²) < 4.78 is 0. The van der Waals surface area contributed by atoms with Gasteiger partial charge in [0, 0.05) is 30.6 Å². The number of phenolic OH excluding ortho intramolecular Hbond substituents is 1. The van der Waals surface area contributed by atoms with Crippen molar-refractivity contribution in [3.8, 4) is 5.75 Å². The van der Waals surface area contributed by atoms with Gasteiger partial charge >= 0.3 is 0 Å². The van der Waals surface area contributed by atoms with Crippen LogP contribution >= 0.6 is 0 Å². The van der Waals surface area contributed by atoms with E-state index in [0.717, 1.165) is 37.1 Å². The number of aliphatic hydroxyl groups is 1. The van der Waals surface area contributed by atoms with Gasteiger partial charge in [-0.2, -0.15) is 0 Å². The molecule has 0 bridgehead atoms. The van der Waals surface area contributed by atoms with Crippen molar-refractivity contribution in [2.75, 3.05) is 26.2 Å². The van der Waals surface area contributed by atoms with Crippen LogP contribution in [0.25, 0.3) is 10.9 Å². The van der Waals surface area contributed by atoms with Crippen molar-refractivity contribution in [1.82, 2.24) is 15.2 Å². The summed E-state index contributed by atoms with van der Waals surface area (Å²) >= 11 is 0. The molecule has 4 aromatic rings. The van der Waals surface area contributed by atoms with Gasteiger partial charge in [-0.05, 0) is 67.6 Å². The number of primary amides is 1. The predicted octanol–water partition coefficient (Wildman–Crippen LogP) is 3.28. The Morgan fingerprint density at radius 1 is 0.951 bits per heavy atom. The number of phenols is 1. The maximum absolute atomic E-state index is 13.1. The molecule has 8 heteroatoms. The summed E-state index contributed by atoms with van der Waals surface area (Å²) in [5.41, 5.74) is 8.28. The third-order valence-corrected chi connectivity index (χ3v) is 8.27. The molecule has 1 atom stereocenters. The van der Waals surface area contributed by atoms with Crippen LogP contribution in [0.15, 0.2) is 89.7 Å².